The molecule has 4 fully saturated rings. The topological polar surface area (TPSA) is 271 Å². The third-order valence-electron chi connectivity index (χ3n) is 13.8. The van der Waals surface area contributed by atoms with Gasteiger partial charge >= 0.3 is 0 Å². The van der Waals surface area contributed by atoms with E-state index in [4.69, 9.17) is 36.8 Å². The Labute approximate surface area is 471 Å². The monoisotopic (exact) mass is 1110 g/mol. The molecule has 6 aromatic heterocycles. The molecule has 0 bridgehead atoms. The van der Waals surface area contributed by atoms with Gasteiger partial charge in [0.25, 0.3) is 0 Å². The van der Waals surface area contributed by atoms with Crippen LogP contribution in [0.1, 0.15) is 11.4 Å². The maximum absolute atomic E-state index is 12.8. The number of rotatable bonds is 15. The molecule has 12 rings (SSSR count). The zero-order chi connectivity index (χ0) is 56.2. The summed E-state index contributed by atoms with van der Waals surface area (Å²) in [6.07, 6.45) is 9.72. The molecule has 7 N–H and O–H groups in total. The Morgan fingerprint density at radius 1 is 0.593 bits per heavy atom. The zero-order valence-corrected chi connectivity index (χ0v) is 45.1. The number of aromatic amines is 2. The lowest BCUT2D eigenvalue weighted by molar-refractivity contribution is -0.117. The van der Waals surface area contributed by atoms with Crippen LogP contribution >= 0.6 is 11.6 Å². The van der Waals surface area contributed by atoms with Gasteiger partial charge in [-0.05, 0) is 109 Å². The van der Waals surface area contributed by atoms with Crippen molar-refractivity contribution in [3.05, 3.63) is 146 Å². The van der Waals surface area contributed by atoms with Gasteiger partial charge in [0.05, 0.1) is 67.7 Å². The van der Waals surface area contributed by atoms with E-state index in [0.717, 1.165) is 125 Å². The van der Waals surface area contributed by atoms with E-state index in [-0.39, 0.29) is 42.6 Å². The van der Waals surface area contributed by atoms with Crippen LogP contribution in [0.5, 0.6) is 0 Å². The predicted molar refractivity (Wildman–Crippen MR) is 313 cm³/mol. The number of H-pyrrole nitrogens is 2. The molecular weight excluding hydrogens is 1050 g/mol. The summed E-state index contributed by atoms with van der Waals surface area (Å²) in [5, 5.41) is 8.29. The maximum atomic E-state index is 12.8. The second-order valence-corrected chi connectivity index (χ2v) is 19.9. The van der Waals surface area contributed by atoms with E-state index in [9.17, 15) is 19.2 Å². The van der Waals surface area contributed by atoms with Crippen LogP contribution in [-0.4, -0.2) is 154 Å². The summed E-state index contributed by atoms with van der Waals surface area (Å²) in [5.41, 5.74) is 16.1. The molecule has 8 aromatic rings. The van der Waals surface area contributed by atoms with Crippen LogP contribution in [0.3, 0.4) is 0 Å². The molecule has 416 valence electrons. The number of carbonyl (C=O) groups is 4. The van der Waals surface area contributed by atoms with Crippen LogP contribution in [0.4, 0.5) is 34.4 Å². The number of fused-ring (bicyclic) bond motifs is 2. The van der Waals surface area contributed by atoms with Gasteiger partial charge in [0, 0.05) is 117 Å². The fourth-order valence-corrected chi connectivity index (χ4v) is 9.57. The highest BCUT2D eigenvalue weighted by Crippen LogP contribution is 2.30. The molecule has 4 aliphatic rings. The minimum atomic E-state index is -0.509. The summed E-state index contributed by atoms with van der Waals surface area (Å²) in [7, 11) is 0. The van der Waals surface area contributed by atoms with Crippen LogP contribution in [0.15, 0.2) is 135 Å². The van der Waals surface area contributed by atoms with Crippen molar-refractivity contribution in [2.24, 2.45) is 5.73 Å². The molecule has 0 radical (unpaired) electrons. The Kier molecular flexibility index (Phi) is 17.6. The van der Waals surface area contributed by atoms with E-state index in [1.807, 2.05) is 84.9 Å². The molecule has 22 nitrogen and oxygen atoms in total. The number of hydrogen-bond acceptors (Lipinski definition) is 17. The van der Waals surface area contributed by atoms with Crippen molar-refractivity contribution in [3.8, 4) is 22.8 Å². The lowest BCUT2D eigenvalue weighted by Gasteiger charge is -2.41. The fraction of sp³-hybridized carbons (Fsp3) is 0.276. The number of anilines is 6. The van der Waals surface area contributed by atoms with Crippen LogP contribution in [0, 0.1) is 0 Å². The van der Waals surface area contributed by atoms with E-state index in [2.05, 4.69) is 78.6 Å². The largest absolute Gasteiger partial charge is 0.378 e. The Balaban J connectivity index is 0.000000169. The van der Waals surface area contributed by atoms with Gasteiger partial charge in [-0.3, -0.25) is 29.1 Å². The summed E-state index contributed by atoms with van der Waals surface area (Å²) in [5.74, 6) is 2.80. The number of ether oxygens (including phenoxy) is 2. The highest BCUT2D eigenvalue weighted by atomic mass is 35.5. The molecule has 10 heterocycles. The fourth-order valence-electron chi connectivity index (χ4n) is 9.57. The van der Waals surface area contributed by atoms with Crippen molar-refractivity contribution in [1.82, 2.24) is 45.2 Å². The molecule has 0 saturated carbocycles. The van der Waals surface area contributed by atoms with Gasteiger partial charge in [-0.15, -0.1) is 0 Å². The van der Waals surface area contributed by atoms with Gasteiger partial charge in [0.15, 0.2) is 11.6 Å². The Hall–Kier alpha value is -9.09. The maximum Gasteiger partial charge on any atom is 0.244 e. The van der Waals surface area contributed by atoms with Crippen molar-refractivity contribution in [2.75, 3.05) is 109 Å². The number of carbonyl (C=O) groups excluding carboxylic acids is 4. The highest BCUT2D eigenvalue weighted by Gasteiger charge is 2.28. The number of pyridine rings is 4. The van der Waals surface area contributed by atoms with Crippen molar-refractivity contribution in [1.29, 1.82) is 0 Å². The Bertz CT molecular complexity index is 3530. The Morgan fingerprint density at radius 2 is 1.01 bits per heavy atom. The molecule has 0 aliphatic carbocycles. The van der Waals surface area contributed by atoms with E-state index in [1.54, 1.807) is 24.8 Å². The number of morpholine rings is 2. The van der Waals surface area contributed by atoms with Crippen LogP contribution in [0.25, 0.3) is 44.8 Å². The molecule has 0 unspecified atom stereocenters. The zero-order valence-electron chi connectivity index (χ0n) is 44.4. The highest BCUT2D eigenvalue weighted by molar-refractivity contribution is 6.66. The second-order valence-electron chi connectivity index (χ2n) is 19.5. The molecule has 23 heteroatoms. The molecular formula is C58H61ClN16O6. The van der Waals surface area contributed by atoms with Gasteiger partial charge in [-0.2, -0.15) is 0 Å². The average Bonchev–Trinajstić information content (AvgIpc) is 4.16. The second kappa shape index (κ2) is 25.8. The third-order valence-corrected chi connectivity index (χ3v) is 13.9. The van der Waals surface area contributed by atoms with Gasteiger partial charge in [0.2, 0.25) is 23.0 Å². The predicted octanol–water partition coefficient (Wildman–Crippen LogP) is 5.65. The first-order chi connectivity index (χ1) is 39.4. The first-order valence-electron chi connectivity index (χ1n) is 26.5. The molecule has 3 amide bonds. The molecule has 4 aliphatic heterocycles. The van der Waals surface area contributed by atoms with E-state index in [1.165, 1.54) is 6.08 Å². The summed E-state index contributed by atoms with van der Waals surface area (Å²) in [6, 6.07) is 27.1. The standard InChI is InChI=1S/C29H30N8O3.C26H28N8O2.C3H3ClO/c1-2-25(38)33-22-17-37(18-22)23-7-9-30-21(15-23)16-26(39)32-20-5-3-19(4-6-20)28-34-24-8-10-31-29(27(24)35-28)36-11-13-40-14-12-36;27-18-15-34(16-18)21-5-7-28-20(13-21)14-23(35)30-19-3-1-17(2-4-19)25-31-22-6-8-29-26(24(22)32-25)33-9-11-36-12-10-33;1-2-3(4)5/h2-10,15,22H,1,11-14,16-18H2,(H,32,39)(H,33,38)(H,34,35);1-8,13,18H,9-12,14-16,27H2,(H,30,35)(H,31,32);2H,1H2. The first-order valence-corrected chi connectivity index (χ1v) is 26.9. The van der Waals surface area contributed by atoms with Crippen molar-refractivity contribution in [2.45, 2.75) is 24.9 Å². The summed E-state index contributed by atoms with van der Waals surface area (Å²) in [4.78, 5) is 89.3. The number of amides is 3. The van der Waals surface area contributed by atoms with Gasteiger partial charge in [-0.25, -0.2) is 19.9 Å². The number of halogens is 1. The van der Waals surface area contributed by atoms with E-state index < -0.39 is 5.24 Å². The minimum Gasteiger partial charge on any atom is -0.378 e. The molecule has 81 heavy (non-hydrogen) atoms. The quantitative estimate of drug-likeness (QED) is 0.0535. The lowest BCUT2D eigenvalue weighted by atomic mass is 10.1. The van der Waals surface area contributed by atoms with Gasteiger partial charge < -0.3 is 60.7 Å². The number of benzene rings is 2. The lowest BCUT2D eigenvalue weighted by Crippen LogP contribution is -2.59. The average molecular weight is 1110 g/mol. The molecule has 0 spiro atoms. The summed E-state index contributed by atoms with van der Waals surface area (Å²) < 4.78 is 10.9. The number of nitrogens with two attached hydrogens (primary N) is 1. The molecule has 4 saturated heterocycles. The number of imidazole rings is 2. The third kappa shape index (κ3) is 14.0. The first kappa shape index (κ1) is 55.2. The van der Waals surface area contributed by atoms with Gasteiger partial charge in [-0.1, -0.05) is 13.2 Å². The van der Waals surface area contributed by atoms with Crippen LogP contribution in [-0.2, 0) is 41.5 Å². The van der Waals surface area contributed by atoms with E-state index >= 15 is 0 Å². The van der Waals surface area contributed by atoms with Crippen LogP contribution < -0.4 is 41.3 Å². The van der Waals surface area contributed by atoms with Crippen molar-refractivity contribution in [3.63, 3.8) is 0 Å². The number of nitrogens with zero attached hydrogens (tertiary/aromatic N) is 10. The normalized spacial score (nSPS) is 15.3. The number of nitrogens with one attached hydrogen (secondary N) is 5. The molecule has 2 aromatic carbocycles. The number of allylic oxidation sites excluding steroid dienone is 1. The number of hydrogen-bond donors (Lipinski definition) is 6. The minimum absolute atomic E-state index is 0.0939. The Morgan fingerprint density at radius 3 is 1.42 bits per heavy atom. The summed E-state index contributed by atoms with van der Waals surface area (Å²) >= 11 is 4.71. The van der Waals surface area contributed by atoms with Crippen LogP contribution in [0.2, 0.25) is 0 Å². The van der Waals surface area contributed by atoms with Crippen molar-refractivity contribution >= 4 is 91.0 Å². The van der Waals surface area contributed by atoms with Gasteiger partial charge in [0.1, 0.15) is 22.7 Å². The smallest absolute Gasteiger partial charge is 0.244 e. The summed E-state index contributed by atoms with van der Waals surface area (Å²) in [6.45, 7) is 15.6. The van der Waals surface area contributed by atoms with Crippen molar-refractivity contribution < 1.29 is 28.7 Å². The number of aromatic nitrogens is 8. The molecule has 0 atom stereocenters. The van der Waals surface area contributed by atoms with E-state index in [0.29, 0.717) is 50.9 Å². The SMILES string of the molecule is C=CC(=O)Cl.C=CC(=O)NC1CN(c2ccnc(CC(=O)Nc3ccc(-c4nc5c(N6CCOCC6)nccc5[nH]4)cc3)c2)C1.NC1CN(c2ccnc(CC(=O)Nc3ccc(-c4nc5c(N6CCOCC6)nccc5[nH]4)cc3)c2)C1.